The van der Waals surface area contributed by atoms with E-state index in [2.05, 4.69) is 11.9 Å². The first-order valence-corrected chi connectivity index (χ1v) is 5.18. The monoisotopic (exact) mass is 202 g/mol. The number of hydrogen-bond donors (Lipinski definition) is 0. The highest BCUT2D eigenvalue weighted by atomic mass is 15.1. The van der Waals surface area contributed by atoms with Crippen LogP contribution < -0.4 is 0 Å². The Kier molecular flexibility index (Phi) is 4.37. The normalized spacial score (nSPS) is 9.53. The molecule has 0 aliphatic carbocycles. The maximum atomic E-state index is 8.86. The van der Waals surface area contributed by atoms with Crippen LogP contribution >= 0.6 is 0 Å². The Morgan fingerprint density at radius 1 is 1.27 bits per heavy atom. The highest BCUT2D eigenvalue weighted by Crippen LogP contribution is 2.08. The Morgan fingerprint density at radius 2 is 2.07 bits per heavy atom. The maximum Gasteiger partial charge on any atom is 0.176 e. The molecule has 0 N–H and O–H groups in total. The summed E-state index contributed by atoms with van der Waals surface area (Å²) in [5.74, 6) is 0. The van der Waals surface area contributed by atoms with Gasteiger partial charge in [-0.15, -0.1) is 0 Å². The van der Waals surface area contributed by atoms with E-state index in [9.17, 15) is 0 Å². The Morgan fingerprint density at radius 3 is 2.67 bits per heavy atom. The van der Waals surface area contributed by atoms with Crippen molar-refractivity contribution >= 4 is 0 Å². The molecule has 4 heteroatoms. The molecule has 0 saturated carbocycles. The fourth-order valence-corrected chi connectivity index (χ4v) is 1.46. The minimum Gasteiger partial charge on any atom is -0.321 e. The van der Waals surface area contributed by atoms with Crippen LogP contribution in [0.5, 0.6) is 0 Å². The molecular formula is C11H14N4. The van der Waals surface area contributed by atoms with E-state index >= 15 is 0 Å². The maximum absolute atomic E-state index is 8.86. The number of aromatic nitrogens is 2. The number of hydrogen-bond acceptors (Lipinski definition) is 3. The number of unbranched alkanes of at least 4 members (excludes halogenated alkanes) is 3. The van der Waals surface area contributed by atoms with Crippen molar-refractivity contribution in [3.8, 4) is 12.1 Å². The van der Waals surface area contributed by atoms with Crippen LogP contribution in [0, 0.1) is 22.7 Å². The first-order chi connectivity index (χ1) is 7.33. The summed E-state index contributed by atoms with van der Waals surface area (Å²) in [5, 5.41) is 17.6. The van der Waals surface area contributed by atoms with Crippen molar-refractivity contribution in [3.63, 3.8) is 0 Å². The molecule has 4 nitrogen and oxygen atoms in total. The fraction of sp³-hybridized carbons (Fsp3) is 0.545. The third-order valence-electron chi connectivity index (χ3n) is 2.30. The molecule has 0 amide bonds. The standard InChI is InChI=1S/C11H14N4/c1-2-3-4-5-6-15-9-14-10(7-12)11(15)8-13/h9H,2-6H2,1H3. The van der Waals surface area contributed by atoms with E-state index in [1.807, 2.05) is 12.1 Å². The molecule has 0 unspecified atom stereocenters. The lowest BCUT2D eigenvalue weighted by Crippen LogP contribution is -2.00. The van der Waals surface area contributed by atoms with Crippen molar-refractivity contribution in [2.45, 2.75) is 39.2 Å². The second-order valence-electron chi connectivity index (χ2n) is 3.42. The first kappa shape index (κ1) is 11.3. The Bertz CT molecular complexity index is 392. The summed E-state index contributed by atoms with van der Waals surface area (Å²) in [5.41, 5.74) is 0.613. The van der Waals surface area contributed by atoms with E-state index in [0.717, 1.165) is 19.4 Å². The van der Waals surface area contributed by atoms with E-state index in [0.29, 0.717) is 5.69 Å². The third-order valence-corrected chi connectivity index (χ3v) is 2.30. The summed E-state index contributed by atoms with van der Waals surface area (Å²) in [6.07, 6.45) is 6.16. The van der Waals surface area contributed by atoms with Crippen molar-refractivity contribution in [1.82, 2.24) is 9.55 Å². The SMILES string of the molecule is CCCCCCn1cnc(C#N)c1C#N. The number of nitrogens with zero attached hydrogens (tertiary/aromatic N) is 4. The molecule has 0 bridgehead atoms. The summed E-state index contributed by atoms with van der Waals surface area (Å²) in [7, 11) is 0. The number of imidazole rings is 1. The second-order valence-corrected chi connectivity index (χ2v) is 3.42. The Hall–Kier alpha value is -1.81. The Balaban J connectivity index is 2.59. The predicted octanol–water partition coefficient (Wildman–Crippen LogP) is 2.21. The van der Waals surface area contributed by atoms with Gasteiger partial charge in [0.05, 0.1) is 6.33 Å². The lowest BCUT2D eigenvalue weighted by Gasteiger charge is -2.02. The molecule has 0 aromatic carbocycles. The minimum absolute atomic E-state index is 0.230. The van der Waals surface area contributed by atoms with Gasteiger partial charge in [0.1, 0.15) is 12.1 Å². The molecule has 78 valence electrons. The Labute approximate surface area is 89.8 Å². The number of aryl methyl sites for hydroxylation is 1. The van der Waals surface area contributed by atoms with Gasteiger partial charge in [-0.2, -0.15) is 10.5 Å². The van der Waals surface area contributed by atoms with Gasteiger partial charge in [-0.3, -0.25) is 0 Å². The van der Waals surface area contributed by atoms with Gasteiger partial charge in [-0.05, 0) is 6.42 Å². The summed E-state index contributed by atoms with van der Waals surface area (Å²) < 4.78 is 1.76. The van der Waals surface area contributed by atoms with Gasteiger partial charge in [0.15, 0.2) is 11.4 Å². The molecular weight excluding hydrogens is 188 g/mol. The van der Waals surface area contributed by atoms with Gasteiger partial charge < -0.3 is 4.57 Å². The second kappa shape index (κ2) is 5.82. The third kappa shape index (κ3) is 2.82. The van der Waals surface area contributed by atoms with Crippen LogP contribution in [0.2, 0.25) is 0 Å². The van der Waals surface area contributed by atoms with E-state index < -0.39 is 0 Å². The van der Waals surface area contributed by atoms with Gasteiger partial charge in [-0.25, -0.2) is 4.98 Å². The van der Waals surface area contributed by atoms with Crippen LogP contribution in [0.1, 0.15) is 44.0 Å². The van der Waals surface area contributed by atoms with Crippen molar-refractivity contribution in [3.05, 3.63) is 17.7 Å². The summed E-state index contributed by atoms with van der Waals surface area (Å²) >= 11 is 0. The number of nitriles is 2. The molecule has 0 atom stereocenters. The summed E-state index contributed by atoms with van der Waals surface area (Å²) in [6.45, 7) is 2.93. The van der Waals surface area contributed by atoms with E-state index in [1.165, 1.54) is 12.8 Å². The molecule has 0 spiro atoms. The largest absolute Gasteiger partial charge is 0.321 e. The van der Waals surface area contributed by atoms with Crippen LogP contribution in [0.25, 0.3) is 0 Å². The average molecular weight is 202 g/mol. The predicted molar refractivity (Wildman–Crippen MR) is 55.8 cm³/mol. The zero-order valence-electron chi connectivity index (χ0n) is 8.90. The lowest BCUT2D eigenvalue weighted by molar-refractivity contribution is 0.579. The molecule has 15 heavy (non-hydrogen) atoms. The van der Waals surface area contributed by atoms with Gasteiger partial charge in [0.2, 0.25) is 0 Å². The van der Waals surface area contributed by atoms with Gasteiger partial charge in [0.25, 0.3) is 0 Å². The molecule has 1 rings (SSSR count). The van der Waals surface area contributed by atoms with E-state index in [-0.39, 0.29) is 5.69 Å². The zero-order chi connectivity index (χ0) is 11.1. The smallest absolute Gasteiger partial charge is 0.176 e. The van der Waals surface area contributed by atoms with Gasteiger partial charge >= 0.3 is 0 Å². The van der Waals surface area contributed by atoms with E-state index in [1.54, 1.807) is 10.9 Å². The first-order valence-electron chi connectivity index (χ1n) is 5.18. The van der Waals surface area contributed by atoms with Crippen LogP contribution in [0.15, 0.2) is 6.33 Å². The van der Waals surface area contributed by atoms with Gasteiger partial charge in [-0.1, -0.05) is 26.2 Å². The van der Waals surface area contributed by atoms with Crippen molar-refractivity contribution in [2.75, 3.05) is 0 Å². The highest BCUT2D eigenvalue weighted by molar-refractivity contribution is 5.35. The van der Waals surface area contributed by atoms with Crippen LogP contribution in [0.3, 0.4) is 0 Å². The summed E-state index contributed by atoms with van der Waals surface area (Å²) in [4.78, 5) is 3.88. The van der Waals surface area contributed by atoms with Crippen molar-refractivity contribution in [1.29, 1.82) is 10.5 Å². The zero-order valence-corrected chi connectivity index (χ0v) is 8.90. The lowest BCUT2D eigenvalue weighted by atomic mass is 10.2. The minimum atomic E-state index is 0.230. The topological polar surface area (TPSA) is 65.4 Å². The van der Waals surface area contributed by atoms with Crippen LogP contribution in [-0.4, -0.2) is 9.55 Å². The molecule has 1 aromatic rings. The van der Waals surface area contributed by atoms with Gasteiger partial charge in [0, 0.05) is 6.54 Å². The molecule has 1 aromatic heterocycles. The molecule has 1 heterocycles. The molecule has 0 radical (unpaired) electrons. The quantitative estimate of drug-likeness (QED) is 0.687. The molecule has 0 saturated heterocycles. The van der Waals surface area contributed by atoms with Crippen molar-refractivity contribution < 1.29 is 0 Å². The number of rotatable bonds is 5. The van der Waals surface area contributed by atoms with Crippen molar-refractivity contribution in [2.24, 2.45) is 0 Å². The van der Waals surface area contributed by atoms with Crippen LogP contribution in [0.4, 0.5) is 0 Å². The van der Waals surface area contributed by atoms with E-state index in [4.69, 9.17) is 10.5 Å². The molecule has 0 aliphatic rings. The summed E-state index contributed by atoms with van der Waals surface area (Å²) in [6, 6.07) is 3.93. The molecule has 0 aliphatic heterocycles. The highest BCUT2D eigenvalue weighted by Gasteiger charge is 2.08. The fourth-order valence-electron chi connectivity index (χ4n) is 1.46. The average Bonchev–Trinajstić information content (AvgIpc) is 2.66. The molecule has 0 fully saturated rings. The van der Waals surface area contributed by atoms with Crippen LogP contribution in [-0.2, 0) is 6.54 Å².